The molecule has 5 heteroatoms. The third kappa shape index (κ3) is 2.87. The van der Waals surface area contributed by atoms with Gasteiger partial charge in [0.15, 0.2) is 5.65 Å². The van der Waals surface area contributed by atoms with Crippen molar-refractivity contribution in [3.63, 3.8) is 0 Å². The Morgan fingerprint density at radius 3 is 3.21 bits per heavy atom. The first-order valence-corrected chi connectivity index (χ1v) is 6.96. The Labute approximate surface area is 113 Å². The highest BCUT2D eigenvalue weighted by Crippen LogP contribution is 2.15. The van der Waals surface area contributed by atoms with Gasteiger partial charge in [0.2, 0.25) is 5.95 Å². The van der Waals surface area contributed by atoms with Gasteiger partial charge in [0, 0.05) is 19.3 Å². The first-order valence-electron chi connectivity index (χ1n) is 6.96. The fraction of sp³-hybridized carbons (Fsp3) is 0.571. The smallest absolute Gasteiger partial charge is 0.243 e. The van der Waals surface area contributed by atoms with E-state index in [0.717, 1.165) is 18.1 Å². The van der Waals surface area contributed by atoms with Crippen LogP contribution < -0.4 is 5.32 Å². The lowest BCUT2D eigenvalue weighted by molar-refractivity contribution is 0.217. The van der Waals surface area contributed by atoms with Crippen molar-refractivity contribution in [1.82, 2.24) is 19.5 Å². The van der Waals surface area contributed by atoms with Crippen molar-refractivity contribution in [3.8, 4) is 0 Å². The molecule has 0 bridgehead atoms. The largest absolute Gasteiger partial charge is 0.353 e. The van der Waals surface area contributed by atoms with Crippen molar-refractivity contribution in [1.29, 1.82) is 0 Å². The molecule has 1 aliphatic heterocycles. The van der Waals surface area contributed by atoms with Gasteiger partial charge in [-0.25, -0.2) is 4.52 Å². The molecule has 3 heterocycles. The molecule has 102 valence electrons. The van der Waals surface area contributed by atoms with Crippen LogP contribution >= 0.6 is 0 Å². The Balaban J connectivity index is 1.65. The molecule has 1 fully saturated rings. The highest BCUT2D eigenvalue weighted by Gasteiger charge is 2.17. The number of anilines is 1. The molecule has 1 unspecified atom stereocenters. The summed E-state index contributed by atoms with van der Waals surface area (Å²) in [6.45, 7) is 5.42. The third-order valence-electron chi connectivity index (χ3n) is 3.76. The lowest BCUT2D eigenvalue weighted by atomic mass is 9.99. The van der Waals surface area contributed by atoms with E-state index in [2.05, 4.69) is 34.3 Å². The van der Waals surface area contributed by atoms with Gasteiger partial charge in [0.1, 0.15) is 0 Å². The van der Waals surface area contributed by atoms with Crippen LogP contribution in [-0.4, -0.2) is 46.2 Å². The first-order chi connectivity index (χ1) is 9.20. The molecule has 19 heavy (non-hydrogen) atoms. The maximum absolute atomic E-state index is 4.50. The van der Waals surface area contributed by atoms with Crippen molar-refractivity contribution in [2.24, 2.45) is 5.92 Å². The van der Waals surface area contributed by atoms with E-state index in [0.29, 0.717) is 5.92 Å². The van der Waals surface area contributed by atoms with E-state index in [1.165, 1.54) is 31.5 Å². The summed E-state index contributed by atoms with van der Waals surface area (Å²) in [6.07, 6.45) is 4.54. The summed E-state index contributed by atoms with van der Waals surface area (Å²) >= 11 is 0. The molecule has 0 aromatic carbocycles. The van der Waals surface area contributed by atoms with Gasteiger partial charge in [-0.2, -0.15) is 4.98 Å². The fourth-order valence-electron chi connectivity index (χ4n) is 2.73. The summed E-state index contributed by atoms with van der Waals surface area (Å²) in [7, 11) is 2.19. The molecule has 0 saturated carbocycles. The molecular weight excluding hydrogens is 238 g/mol. The molecule has 2 aromatic rings. The summed E-state index contributed by atoms with van der Waals surface area (Å²) in [6, 6.07) is 4.09. The maximum atomic E-state index is 4.50. The van der Waals surface area contributed by atoms with Crippen LogP contribution in [0.2, 0.25) is 0 Å². The predicted molar refractivity (Wildman–Crippen MR) is 76.4 cm³/mol. The van der Waals surface area contributed by atoms with Gasteiger partial charge in [0.25, 0.3) is 0 Å². The number of hydrogen-bond donors (Lipinski definition) is 1. The predicted octanol–water partition coefficient (Wildman–Crippen LogP) is 1.79. The topological polar surface area (TPSA) is 45.5 Å². The van der Waals surface area contributed by atoms with Gasteiger partial charge < -0.3 is 10.2 Å². The van der Waals surface area contributed by atoms with Gasteiger partial charge >= 0.3 is 0 Å². The summed E-state index contributed by atoms with van der Waals surface area (Å²) < 4.78 is 1.82. The molecule has 0 aliphatic carbocycles. The number of aromatic nitrogens is 3. The SMILES string of the molecule is Cc1ccn2nc(NCC3CCCN(C)C3)nc2c1. The average Bonchev–Trinajstić information content (AvgIpc) is 2.78. The number of hydrogen-bond acceptors (Lipinski definition) is 4. The number of piperidine rings is 1. The zero-order chi connectivity index (χ0) is 13.2. The summed E-state index contributed by atoms with van der Waals surface area (Å²) in [5.41, 5.74) is 2.11. The maximum Gasteiger partial charge on any atom is 0.243 e. The van der Waals surface area contributed by atoms with Crippen LogP contribution in [0.3, 0.4) is 0 Å². The Morgan fingerprint density at radius 2 is 2.37 bits per heavy atom. The molecule has 3 rings (SSSR count). The molecule has 0 radical (unpaired) electrons. The minimum atomic E-state index is 0.701. The molecule has 5 nitrogen and oxygen atoms in total. The number of rotatable bonds is 3. The summed E-state index contributed by atoms with van der Waals surface area (Å²) in [4.78, 5) is 6.90. The first kappa shape index (κ1) is 12.4. The van der Waals surface area contributed by atoms with E-state index in [1.807, 2.05) is 22.8 Å². The Morgan fingerprint density at radius 1 is 1.47 bits per heavy atom. The highest BCUT2D eigenvalue weighted by atomic mass is 15.3. The standard InChI is InChI=1S/C14H21N5/c1-11-5-7-19-13(8-11)16-14(17-19)15-9-12-4-3-6-18(2)10-12/h5,7-8,12H,3-4,6,9-10H2,1-2H3,(H,15,17). The van der Waals surface area contributed by atoms with Gasteiger partial charge in [-0.05, 0) is 57.0 Å². The molecular formula is C14H21N5. The molecule has 0 spiro atoms. The zero-order valence-electron chi connectivity index (χ0n) is 11.6. The van der Waals surface area contributed by atoms with Gasteiger partial charge in [-0.3, -0.25) is 0 Å². The fourth-order valence-corrected chi connectivity index (χ4v) is 2.73. The molecule has 1 N–H and O–H groups in total. The van der Waals surface area contributed by atoms with Gasteiger partial charge in [0.05, 0.1) is 0 Å². The van der Waals surface area contributed by atoms with E-state index >= 15 is 0 Å². The second-order valence-electron chi connectivity index (χ2n) is 5.59. The van der Waals surface area contributed by atoms with Crippen LogP contribution in [0.25, 0.3) is 5.65 Å². The summed E-state index contributed by atoms with van der Waals surface area (Å²) in [5.74, 6) is 1.44. The molecule has 1 atom stereocenters. The number of nitrogens with zero attached hydrogens (tertiary/aromatic N) is 4. The van der Waals surface area contributed by atoms with Crippen molar-refractivity contribution in [2.75, 3.05) is 32.0 Å². The van der Waals surface area contributed by atoms with Crippen LogP contribution in [0.1, 0.15) is 18.4 Å². The van der Waals surface area contributed by atoms with Crippen LogP contribution in [0.4, 0.5) is 5.95 Å². The number of likely N-dealkylation sites (tertiary alicyclic amines) is 1. The third-order valence-corrected chi connectivity index (χ3v) is 3.76. The molecule has 1 saturated heterocycles. The van der Waals surface area contributed by atoms with Gasteiger partial charge in [-0.1, -0.05) is 0 Å². The van der Waals surface area contributed by atoms with E-state index in [-0.39, 0.29) is 0 Å². The van der Waals surface area contributed by atoms with E-state index in [4.69, 9.17) is 0 Å². The molecule has 0 amide bonds. The quantitative estimate of drug-likeness (QED) is 0.913. The minimum absolute atomic E-state index is 0.701. The highest BCUT2D eigenvalue weighted by molar-refractivity contribution is 5.45. The van der Waals surface area contributed by atoms with Gasteiger partial charge in [-0.15, -0.1) is 5.10 Å². The lowest BCUT2D eigenvalue weighted by Crippen LogP contribution is -2.35. The second kappa shape index (κ2) is 5.17. The lowest BCUT2D eigenvalue weighted by Gasteiger charge is -2.29. The van der Waals surface area contributed by atoms with Crippen molar-refractivity contribution in [2.45, 2.75) is 19.8 Å². The summed E-state index contributed by atoms with van der Waals surface area (Å²) in [5, 5.41) is 7.81. The monoisotopic (exact) mass is 259 g/mol. The number of nitrogens with one attached hydrogen (secondary N) is 1. The van der Waals surface area contributed by atoms with Crippen molar-refractivity contribution >= 4 is 11.6 Å². The zero-order valence-corrected chi connectivity index (χ0v) is 11.6. The Kier molecular flexibility index (Phi) is 3.38. The molecule has 2 aromatic heterocycles. The van der Waals surface area contributed by atoms with Crippen LogP contribution in [-0.2, 0) is 0 Å². The Bertz CT molecular complexity index is 562. The van der Waals surface area contributed by atoms with E-state index in [9.17, 15) is 0 Å². The van der Waals surface area contributed by atoms with E-state index < -0.39 is 0 Å². The van der Waals surface area contributed by atoms with Crippen molar-refractivity contribution in [3.05, 3.63) is 23.9 Å². The normalized spacial score (nSPS) is 20.8. The van der Waals surface area contributed by atoms with E-state index in [1.54, 1.807) is 0 Å². The number of fused-ring (bicyclic) bond motifs is 1. The second-order valence-corrected chi connectivity index (χ2v) is 5.59. The number of aryl methyl sites for hydroxylation is 1. The van der Waals surface area contributed by atoms with Crippen LogP contribution in [0.5, 0.6) is 0 Å². The Hall–Kier alpha value is -1.62. The van der Waals surface area contributed by atoms with Crippen LogP contribution in [0, 0.1) is 12.8 Å². The number of pyridine rings is 1. The molecule has 1 aliphatic rings. The minimum Gasteiger partial charge on any atom is -0.353 e. The van der Waals surface area contributed by atoms with Crippen LogP contribution in [0.15, 0.2) is 18.3 Å². The van der Waals surface area contributed by atoms with Crippen molar-refractivity contribution < 1.29 is 0 Å². The average molecular weight is 259 g/mol.